The lowest BCUT2D eigenvalue weighted by Crippen LogP contribution is -2.10. The van der Waals surface area contributed by atoms with Crippen LogP contribution in [0.3, 0.4) is 0 Å². The largest absolute Gasteiger partial charge is 0.308 e. The lowest BCUT2D eigenvalue weighted by molar-refractivity contribution is 0.590. The van der Waals surface area contributed by atoms with Crippen molar-refractivity contribution < 1.29 is 0 Å². The molecular weight excluding hydrogens is 633 g/mol. The monoisotopic (exact) mass is 682 g/mol. The lowest BCUT2D eigenvalue weighted by Gasteiger charge is -2.20. The average Bonchev–Trinajstić information content (AvgIpc) is 3.57. The van der Waals surface area contributed by atoms with Crippen molar-refractivity contribution in [1.82, 2.24) is 9.13 Å². The maximum Gasteiger partial charge on any atom is 0.101 e. The van der Waals surface area contributed by atoms with Crippen LogP contribution in [0.15, 0.2) is 84.9 Å². The van der Waals surface area contributed by atoms with E-state index in [0.29, 0.717) is 11.1 Å². The average molecular weight is 683 g/mol. The molecule has 2 heterocycles. The van der Waals surface area contributed by atoms with Crippen molar-refractivity contribution in [3.05, 3.63) is 118 Å². The second kappa shape index (κ2) is 11.6. The summed E-state index contributed by atoms with van der Waals surface area (Å²) in [6.07, 6.45) is 0. The van der Waals surface area contributed by atoms with Crippen molar-refractivity contribution in [2.45, 2.75) is 105 Å². The van der Waals surface area contributed by atoms with Gasteiger partial charge in [0.25, 0.3) is 0 Å². The highest BCUT2D eigenvalue weighted by Gasteiger charge is 2.25. The molecule has 0 bridgehead atoms. The molecule has 0 unspecified atom stereocenters. The first-order valence-electron chi connectivity index (χ1n) is 18.4. The van der Waals surface area contributed by atoms with Crippen LogP contribution in [0.25, 0.3) is 55.0 Å². The second-order valence-electron chi connectivity index (χ2n) is 18.7. The van der Waals surface area contributed by atoms with Crippen LogP contribution in [0.4, 0.5) is 0 Å². The Morgan fingerprint density at radius 2 is 0.615 bits per heavy atom. The maximum atomic E-state index is 10.7. The SMILES string of the molecule is CC(C)(C)c1ccc2c(c1)c1cc(C(C)(C)C)ccc1n2-c1cc(-n2c3ccc(C(C)(C)C)cc3c3cc(C(C)(C)C)ccc32)c(C#N)cc1C#N. The minimum Gasteiger partial charge on any atom is -0.308 e. The third-order valence-electron chi connectivity index (χ3n) is 10.8. The topological polar surface area (TPSA) is 57.4 Å². The van der Waals surface area contributed by atoms with Crippen LogP contribution < -0.4 is 0 Å². The highest BCUT2D eigenvalue weighted by atomic mass is 15.0. The summed E-state index contributed by atoms with van der Waals surface area (Å²) in [7, 11) is 0. The van der Waals surface area contributed by atoms with E-state index in [1.807, 2.05) is 0 Å². The molecule has 0 atom stereocenters. The molecule has 0 fully saturated rings. The van der Waals surface area contributed by atoms with Gasteiger partial charge in [0.05, 0.1) is 44.6 Å². The molecule has 7 aromatic rings. The molecule has 0 aliphatic heterocycles. The molecule has 0 radical (unpaired) electrons. The van der Waals surface area contributed by atoms with Crippen LogP contribution in [0.2, 0.25) is 0 Å². The Hall–Kier alpha value is -5.32. The molecule has 4 nitrogen and oxygen atoms in total. The van der Waals surface area contributed by atoms with Crippen LogP contribution in [-0.4, -0.2) is 9.13 Å². The van der Waals surface area contributed by atoms with Gasteiger partial charge in [0.15, 0.2) is 0 Å². The van der Waals surface area contributed by atoms with Gasteiger partial charge in [-0.3, -0.25) is 0 Å². The summed E-state index contributed by atoms with van der Waals surface area (Å²) in [5.41, 5.74) is 11.5. The lowest BCUT2D eigenvalue weighted by atomic mass is 9.85. The first kappa shape index (κ1) is 35.1. The standard InChI is InChI=1S/C48H50N4/c1-45(2,3)31-13-17-39-35(22-31)36-23-32(46(4,5)6)14-18-40(36)51(39)43-26-44(30(28-50)21-29(43)27-49)52-41-19-15-33(47(7,8)9)24-37(41)38-25-34(48(10,11)12)16-20-42(38)52/h13-26H,1-12H3. The highest BCUT2D eigenvalue weighted by Crippen LogP contribution is 2.42. The first-order valence-corrected chi connectivity index (χ1v) is 18.4. The van der Waals surface area contributed by atoms with Crippen molar-refractivity contribution >= 4 is 43.6 Å². The molecule has 0 aliphatic carbocycles. The van der Waals surface area contributed by atoms with Gasteiger partial charge >= 0.3 is 0 Å². The summed E-state index contributed by atoms with van der Waals surface area (Å²) in [6, 6.07) is 35.8. The number of aromatic nitrogens is 2. The Morgan fingerprint density at radius 1 is 0.365 bits per heavy atom. The predicted molar refractivity (Wildman–Crippen MR) is 219 cm³/mol. The number of hydrogen-bond acceptors (Lipinski definition) is 2. The molecule has 0 saturated heterocycles. The summed E-state index contributed by atoms with van der Waals surface area (Å²) in [4.78, 5) is 0. The number of rotatable bonds is 2. The van der Waals surface area contributed by atoms with E-state index >= 15 is 0 Å². The zero-order valence-corrected chi connectivity index (χ0v) is 32.9. The molecule has 4 heteroatoms. The summed E-state index contributed by atoms with van der Waals surface area (Å²) in [5, 5.41) is 26.0. The second-order valence-corrected chi connectivity index (χ2v) is 18.7. The minimum absolute atomic E-state index is 0.0279. The Kier molecular flexibility index (Phi) is 7.83. The zero-order chi connectivity index (χ0) is 37.7. The molecule has 0 aliphatic rings. The zero-order valence-electron chi connectivity index (χ0n) is 32.9. The van der Waals surface area contributed by atoms with Crippen LogP contribution in [0.1, 0.15) is 116 Å². The molecule has 0 saturated carbocycles. The third kappa shape index (κ3) is 5.66. The Bertz CT molecular complexity index is 2340. The van der Waals surface area contributed by atoms with E-state index in [-0.39, 0.29) is 21.7 Å². The fourth-order valence-electron chi connectivity index (χ4n) is 7.56. The van der Waals surface area contributed by atoms with Gasteiger partial charge in [-0.15, -0.1) is 0 Å². The Balaban J connectivity index is 1.61. The molecule has 5 aromatic carbocycles. The minimum atomic E-state index is -0.0279. The summed E-state index contributed by atoms with van der Waals surface area (Å²) < 4.78 is 4.46. The van der Waals surface area contributed by atoms with Gasteiger partial charge in [-0.2, -0.15) is 10.5 Å². The summed E-state index contributed by atoms with van der Waals surface area (Å²) in [5.74, 6) is 0. The van der Waals surface area contributed by atoms with Crippen molar-refractivity contribution in [2.24, 2.45) is 0 Å². The maximum absolute atomic E-state index is 10.7. The van der Waals surface area contributed by atoms with Gasteiger partial charge in [0, 0.05) is 21.5 Å². The number of nitriles is 2. The van der Waals surface area contributed by atoms with Crippen molar-refractivity contribution in [2.75, 3.05) is 0 Å². The summed E-state index contributed by atoms with van der Waals surface area (Å²) in [6.45, 7) is 26.9. The van der Waals surface area contributed by atoms with Crippen LogP contribution in [0.5, 0.6) is 0 Å². The third-order valence-corrected chi connectivity index (χ3v) is 10.8. The fraction of sp³-hybridized carbons (Fsp3) is 0.333. The van der Waals surface area contributed by atoms with Gasteiger partial charge in [0.1, 0.15) is 12.1 Å². The van der Waals surface area contributed by atoms with Gasteiger partial charge in [0.2, 0.25) is 0 Å². The van der Waals surface area contributed by atoms with Crippen LogP contribution >= 0.6 is 0 Å². The van der Waals surface area contributed by atoms with Crippen molar-refractivity contribution in [1.29, 1.82) is 10.5 Å². The van der Waals surface area contributed by atoms with E-state index in [0.717, 1.165) is 55.0 Å². The molecule has 2 aromatic heterocycles. The van der Waals surface area contributed by atoms with Crippen LogP contribution in [0, 0.1) is 22.7 Å². The smallest absolute Gasteiger partial charge is 0.101 e. The highest BCUT2D eigenvalue weighted by molar-refractivity contribution is 6.11. The van der Waals surface area contributed by atoms with Crippen molar-refractivity contribution in [3.63, 3.8) is 0 Å². The number of fused-ring (bicyclic) bond motifs is 6. The van der Waals surface area contributed by atoms with Crippen molar-refractivity contribution in [3.8, 4) is 23.5 Å². The number of nitrogens with zero attached hydrogens (tertiary/aromatic N) is 4. The molecule has 0 spiro atoms. The van der Waals surface area contributed by atoms with E-state index in [1.165, 1.54) is 22.3 Å². The Morgan fingerprint density at radius 3 is 0.827 bits per heavy atom. The number of benzene rings is 5. The molecule has 7 rings (SSSR count). The number of hydrogen-bond donors (Lipinski definition) is 0. The van der Waals surface area contributed by atoms with E-state index in [2.05, 4.69) is 183 Å². The molecule has 52 heavy (non-hydrogen) atoms. The normalized spacial score (nSPS) is 13.0. The predicted octanol–water partition coefficient (Wildman–Crippen LogP) is 12.8. The fourth-order valence-corrected chi connectivity index (χ4v) is 7.56. The molecule has 262 valence electrons. The quantitative estimate of drug-likeness (QED) is 0.182. The van der Waals surface area contributed by atoms with E-state index in [1.54, 1.807) is 6.07 Å². The van der Waals surface area contributed by atoms with E-state index < -0.39 is 0 Å². The van der Waals surface area contributed by atoms with Gasteiger partial charge in [-0.1, -0.05) is 107 Å². The molecule has 0 N–H and O–H groups in total. The van der Waals surface area contributed by atoms with E-state index in [4.69, 9.17) is 0 Å². The van der Waals surface area contributed by atoms with Gasteiger partial charge in [-0.05, 0) is 105 Å². The van der Waals surface area contributed by atoms with Gasteiger partial charge in [-0.25, -0.2) is 0 Å². The summed E-state index contributed by atoms with van der Waals surface area (Å²) >= 11 is 0. The molecular formula is C48H50N4. The molecule has 0 amide bonds. The van der Waals surface area contributed by atoms with E-state index in [9.17, 15) is 10.5 Å². The Labute approximate surface area is 308 Å². The van der Waals surface area contributed by atoms with Crippen LogP contribution in [-0.2, 0) is 21.7 Å². The van der Waals surface area contributed by atoms with Gasteiger partial charge < -0.3 is 9.13 Å². The first-order chi connectivity index (χ1) is 24.2.